The van der Waals surface area contributed by atoms with E-state index in [1.54, 1.807) is 6.08 Å². The third-order valence-electron chi connectivity index (χ3n) is 11.0. The molecule has 0 radical (unpaired) electrons. The molecule has 0 fully saturated rings. The minimum atomic E-state index is -4.43. The van der Waals surface area contributed by atoms with Crippen LogP contribution in [0.2, 0.25) is 0 Å². The van der Waals surface area contributed by atoms with Crippen molar-refractivity contribution in [2.75, 3.05) is 47.5 Å². The number of phosphoric acid groups is 1. The summed E-state index contributed by atoms with van der Waals surface area (Å²) in [5.41, 5.74) is 2.68. The number of furan rings is 1. The summed E-state index contributed by atoms with van der Waals surface area (Å²) in [6, 6.07) is 0. The molecule has 0 aliphatic rings. The van der Waals surface area contributed by atoms with Crippen LogP contribution >= 0.6 is 7.82 Å². The van der Waals surface area contributed by atoms with Crippen LogP contribution in [0.1, 0.15) is 171 Å². The highest BCUT2D eigenvalue weighted by Crippen LogP contribution is 2.43. The summed E-state index contributed by atoms with van der Waals surface area (Å²) >= 11 is 0. The highest BCUT2D eigenvalue weighted by Gasteiger charge is 2.27. The molecule has 0 spiro atoms. The number of unbranched alkanes of at least 4 members (excludes halogenated alkanes) is 11. The number of aliphatic hydroxyl groups is 1. The van der Waals surface area contributed by atoms with Gasteiger partial charge in [0.15, 0.2) is 6.10 Å². The van der Waals surface area contributed by atoms with Crippen molar-refractivity contribution in [3.8, 4) is 0 Å². The quantitative estimate of drug-likeness (QED) is 0.0163. The van der Waals surface area contributed by atoms with Crippen molar-refractivity contribution >= 4 is 19.8 Å². The summed E-state index contributed by atoms with van der Waals surface area (Å²) in [5, 5.41) is 10.0. The Morgan fingerprint density at radius 1 is 0.667 bits per heavy atom. The van der Waals surface area contributed by atoms with Gasteiger partial charge in [-0.1, -0.05) is 151 Å². The molecule has 66 heavy (non-hydrogen) atoms. The van der Waals surface area contributed by atoms with E-state index in [0.29, 0.717) is 36.7 Å². The second-order valence-corrected chi connectivity index (χ2v) is 19.7. The lowest BCUT2D eigenvalue weighted by Crippen LogP contribution is -2.37. The van der Waals surface area contributed by atoms with Gasteiger partial charge in [-0.25, -0.2) is 4.57 Å². The topological polar surface area (TPSA) is 142 Å². The van der Waals surface area contributed by atoms with Gasteiger partial charge in [-0.05, 0) is 82.8 Å². The molecule has 2 unspecified atom stereocenters. The SMILES string of the molecule is CC/C=C\C/C=C\CC(O)/C=C/C=C\C/C=C\C/C=C\CCC(=O)O[C@H](COC(=O)CCCCCCCCCCCCc1oc(CCCCC)c(C)c1C)COP(=O)(O)OCC[N+](C)(C)C. The number of rotatable bonds is 41. The molecule has 2 N–H and O–H groups in total. The van der Waals surface area contributed by atoms with Gasteiger partial charge >= 0.3 is 19.8 Å². The standard InChI is InChI=1S/C54H90NO10P/c1-8-10-12-13-26-32-37-49(56)38-33-27-22-18-14-16-21-25-30-36-42-54(58)64-50(46-63-66(59,60)62-44-43-55(5,6)7)45-61-53(57)41-35-29-24-20-17-15-19-23-28-34-40-52-48(4)47(3)51(65-52)39-31-11-9-2/h10,12,14,16,22,25-27,30,32-33,38,49-50,56H,8-9,11,13,15,17-21,23-24,28-29,31,34-37,39-46H2,1-7H3/p+1/b12-10-,16-14-,27-22-,30-25-,32-26-,38-33+/t49?,50-/m1/s1. The largest absolute Gasteiger partial charge is 0.472 e. The number of allylic oxidation sites excluding steroid dienone is 10. The van der Waals surface area contributed by atoms with Gasteiger partial charge in [-0.15, -0.1) is 0 Å². The summed E-state index contributed by atoms with van der Waals surface area (Å²) in [7, 11) is 1.37. The number of aryl methyl sites for hydroxylation is 2. The van der Waals surface area contributed by atoms with E-state index in [1.165, 1.54) is 80.4 Å². The molecule has 1 rings (SSSR count). The molecule has 0 aliphatic carbocycles. The van der Waals surface area contributed by atoms with Crippen molar-refractivity contribution < 1.29 is 51.6 Å². The fourth-order valence-electron chi connectivity index (χ4n) is 6.83. The Morgan fingerprint density at radius 2 is 1.23 bits per heavy atom. The first kappa shape index (κ1) is 60.7. The molecule has 1 heterocycles. The molecule has 1 aromatic rings. The molecule has 11 nitrogen and oxygen atoms in total. The number of quaternary nitrogens is 1. The van der Waals surface area contributed by atoms with E-state index < -0.39 is 38.6 Å². The Labute approximate surface area is 400 Å². The average molecular weight is 945 g/mol. The van der Waals surface area contributed by atoms with Crippen LogP contribution in [0.25, 0.3) is 0 Å². The highest BCUT2D eigenvalue weighted by molar-refractivity contribution is 7.47. The Balaban J connectivity index is 2.37. The summed E-state index contributed by atoms with van der Waals surface area (Å²) < 4.78 is 40.6. The number of ether oxygens (including phenoxy) is 2. The van der Waals surface area contributed by atoms with E-state index in [-0.39, 0.29) is 26.1 Å². The molecular formula is C54H91NO10P+. The predicted molar refractivity (Wildman–Crippen MR) is 270 cm³/mol. The summed E-state index contributed by atoms with van der Waals surface area (Å²) in [5.74, 6) is 1.42. The Morgan fingerprint density at radius 3 is 1.85 bits per heavy atom. The minimum absolute atomic E-state index is 0.0000904. The molecule has 3 atom stereocenters. The van der Waals surface area contributed by atoms with Crippen molar-refractivity contribution in [3.05, 3.63) is 95.6 Å². The maximum Gasteiger partial charge on any atom is 0.472 e. The Kier molecular flexibility index (Phi) is 35.5. The van der Waals surface area contributed by atoms with Crippen LogP contribution in [-0.4, -0.2) is 86.1 Å². The van der Waals surface area contributed by atoms with Gasteiger partial charge in [0.1, 0.15) is 31.3 Å². The van der Waals surface area contributed by atoms with Gasteiger partial charge < -0.3 is 28.4 Å². The van der Waals surface area contributed by atoms with E-state index in [1.807, 2.05) is 69.8 Å². The van der Waals surface area contributed by atoms with E-state index in [2.05, 4.69) is 45.9 Å². The van der Waals surface area contributed by atoms with Crippen molar-refractivity contribution in [1.29, 1.82) is 0 Å². The zero-order valence-electron chi connectivity index (χ0n) is 42.2. The number of hydrogen-bond donors (Lipinski definition) is 2. The first-order valence-electron chi connectivity index (χ1n) is 25.1. The van der Waals surface area contributed by atoms with E-state index in [9.17, 15) is 24.2 Å². The van der Waals surface area contributed by atoms with Crippen molar-refractivity contribution in [2.24, 2.45) is 0 Å². The smallest absolute Gasteiger partial charge is 0.466 e. The number of likely N-dealkylation sites (N-methyl/N-ethyl adjacent to an activating group) is 1. The number of aliphatic hydroxyl groups excluding tert-OH is 1. The van der Waals surface area contributed by atoms with E-state index >= 15 is 0 Å². The monoisotopic (exact) mass is 945 g/mol. The fraction of sp³-hybridized carbons (Fsp3) is 0.667. The molecule has 0 bridgehead atoms. The second kappa shape index (κ2) is 38.6. The summed E-state index contributed by atoms with van der Waals surface area (Å²) in [6.45, 7) is 8.47. The molecule has 376 valence electrons. The van der Waals surface area contributed by atoms with Crippen LogP contribution in [0.15, 0.2) is 77.3 Å². The lowest BCUT2D eigenvalue weighted by atomic mass is 10.0. The van der Waals surface area contributed by atoms with Crippen molar-refractivity contribution in [3.63, 3.8) is 0 Å². The molecule has 1 aromatic heterocycles. The van der Waals surface area contributed by atoms with E-state index in [4.69, 9.17) is 22.9 Å². The fourth-order valence-corrected chi connectivity index (χ4v) is 7.57. The highest BCUT2D eigenvalue weighted by atomic mass is 31.2. The average Bonchev–Trinajstić information content (AvgIpc) is 3.53. The van der Waals surface area contributed by atoms with Gasteiger partial charge in [0.25, 0.3) is 0 Å². The van der Waals surface area contributed by atoms with Crippen LogP contribution < -0.4 is 0 Å². The second-order valence-electron chi connectivity index (χ2n) is 18.3. The number of nitrogens with zero attached hydrogens (tertiary/aromatic N) is 1. The van der Waals surface area contributed by atoms with Gasteiger partial charge in [0.2, 0.25) is 0 Å². The zero-order valence-corrected chi connectivity index (χ0v) is 43.1. The Bertz CT molecular complexity index is 1650. The summed E-state index contributed by atoms with van der Waals surface area (Å²) in [6.07, 6.45) is 43.8. The van der Waals surface area contributed by atoms with Crippen LogP contribution in [0.3, 0.4) is 0 Å². The predicted octanol–water partition coefficient (Wildman–Crippen LogP) is 13.2. The van der Waals surface area contributed by atoms with Gasteiger partial charge in [0.05, 0.1) is 33.9 Å². The number of carbonyl (C=O) groups excluding carboxylic acids is 2. The maximum absolute atomic E-state index is 12.7. The van der Waals surface area contributed by atoms with Crippen LogP contribution in [0, 0.1) is 13.8 Å². The normalized spacial score (nSPS) is 14.5. The molecule has 12 heteroatoms. The summed E-state index contributed by atoms with van der Waals surface area (Å²) in [4.78, 5) is 35.6. The van der Waals surface area contributed by atoms with E-state index in [0.717, 1.165) is 51.4 Å². The number of hydrogen-bond acceptors (Lipinski definition) is 9. The minimum Gasteiger partial charge on any atom is -0.466 e. The molecule has 0 aliphatic heterocycles. The van der Waals surface area contributed by atoms with Crippen molar-refractivity contribution in [1.82, 2.24) is 0 Å². The molecule has 0 saturated heterocycles. The van der Waals surface area contributed by atoms with Gasteiger partial charge in [0, 0.05) is 25.7 Å². The van der Waals surface area contributed by atoms with Crippen LogP contribution in [0.5, 0.6) is 0 Å². The maximum atomic E-state index is 12.7. The van der Waals surface area contributed by atoms with Crippen molar-refractivity contribution in [2.45, 2.75) is 188 Å². The lowest BCUT2D eigenvalue weighted by molar-refractivity contribution is -0.870. The first-order valence-corrected chi connectivity index (χ1v) is 26.6. The molecule has 0 saturated carbocycles. The number of phosphoric ester groups is 1. The van der Waals surface area contributed by atoms with Gasteiger partial charge in [-0.2, -0.15) is 0 Å². The van der Waals surface area contributed by atoms with Crippen LogP contribution in [0.4, 0.5) is 0 Å². The third kappa shape index (κ3) is 34.9. The first-order chi connectivity index (χ1) is 31.7. The molecule has 0 amide bonds. The van der Waals surface area contributed by atoms with Crippen LogP contribution in [-0.2, 0) is 45.5 Å². The molecule has 0 aromatic carbocycles. The third-order valence-corrected chi connectivity index (χ3v) is 12.0. The van der Waals surface area contributed by atoms with Gasteiger partial charge in [-0.3, -0.25) is 18.6 Å². The lowest BCUT2D eigenvalue weighted by Gasteiger charge is -2.24. The Hall–Kier alpha value is -3.31. The number of esters is 2. The molecular weight excluding hydrogens is 854 g/mol. The zero-order chi connectivity index (χ0) is 48.7. The number of carbonyl (C=O) groups is 2.